The molecule has 2 saturated heterocycles. The third kappa shape index (κ3) is 2.17. The van der Waals surface area contributed by atoms with E-state index in [2.05, 4.69) is 11.9 Å². The molecule has 0 aromatic carbocycles. The van der Waals surface area contributed by atoms with E-state index in [1.165, 1.54) is 11.3 Å². The summed E-state index contributed by atoms with van der Waals surface area (Å²) < 4.78 is 5.85. The molecule has 0 aliphatic carbocycles. The second kappa shape index (κ2) is 4.63. The third-order valence-corrected chi connectivity index (χ3v) is 4.60. The number of likely N-dealkylation sites (tertiary alicyclic amines) is 1. The molecule has 18 heavy (non-hydrogen) atoms. The molecule has 0 unspecified atom stereocenters. The van der Waals surface area contributed by atoms with Crippen molar-refractivity contribution in [3.8, 4) is 0 Å². The number of rotatable bonds is 1. The van der Waals surface area contributed by atoms with E-state index in [1.807, 2.05) is 17.2 Å². The predicted octanol–water partition coefficient (Wildman–Crippen LogP) is 2.09. The normalized spacial score (nSPS) is 31.4. The summed E-state index contributed by atoms with van der Waals surface area (Å²) in [6.45, 7) is 5.67. The molecule has 98 valence electrons. The number of aromatic nitrogens is 1. The Bertz CT molecular complexity index is 460. The van der Waals surface area contributed by atoms with Gasteiger partial charge in [0.15, 0.2) is 0 Å². The summed E-state index contributed by atoms with van der Waals surface area (Å²) in [5, 5.41) is 2.81. The highest BCUT2D eigenvalue weighted by Crippen LogP contribution is 2.33. The van der Waals surface area contributed by atoms with E-state index in [4.69, 9.17) is 4.74 Å². The number of ether oxygens (including phenoxy) is 1. The second-order valence-electron chi connectivity index (χ2n) is 5.27. The number of nitrogens with zero attached hydrogens (tertiary/aromatic N) is 2. The Morgan fingerprint density at radius 3 is 3.17 bits per heavy atom. The molecule has 2 aliphatic rings. The Kier molecular flexibility index (Phi) is 3.11. The van der Waals surface area contributed by atoms with Crippen LogP contribution in [0.5, 0.6) is 0 Å². The smallest absolute Gasteiger partial charge is 0.273 e. The highest BCUT2D eigenvalue weighted by Gasteiger charge is 2.38. The fraction of sp³-hybridized carbons (Fsp3) is 0.692. The minimum Gasteiger partial charge on any atom is -0.375 e. The molecule has 0 spiro atoms. The average Bonchev–Trinajstić information content (AvgIpc) is 2.92. The van der Waals surface area contributed by atoms with E-state index in [1.54, 1.807) is 0 Å². The zero-order valence-electron chi connectivity index (χ0n) is 10.8. The Labute approximate surface area is 111 Å². The van der Waals surface area contributed by atoms with E-state index in [0.717, 1.165) is 30.9 Å². The summed E-state index contributed by atoms with van der Waals surface area (Å²) in [6.07, 6.45) is 2.74. The molecule has 1 aromatic rings. The summed E-state index contributed by atoms with van der Waals surface area (Å²) in [4.78, 5) is 18.5. The minimum absolute atomic E-state index is 0.0809. The maximum atomic E-state index is 12.3. The molecule has 3 atom stereocenters. The van der Waals surface area contributed by atoms with Gasteiger partial charge in [-0.1, -0.05) is 0 Å². The molecule has 2 fully saturated rings. The van der Waals surface area contributed by atoms with Crippen molar-refractivity contribution in [3.63, 3.8) is 0 Å². The van der Waals surface area contributed by atoms with E-state index >= 15 is 0 Å². The first kappa shape index (κ1) is 12.1. The van der Waals surface area contributed by atoms with Crippen molar-refractivity contribution in [2.24, 2.45) is 5.92 Å². The van der Waals surface area contributed by atoms with Crippen LogP contribution in [-0.2, 0) is 4.74 Å². The van der Waals surface area contributed by atoms with Gasteiger partial charge >= 0.3 is 0 Å². The van der Waals surface area contributed by atoms with Gasteiger partial charge < -0.3 is 9.64 Å². The van der Waals surface area contributed by atoms with Gasteiger partial charge in [0.25, 0.3) is 5.91 Å². The van der Waals surface area contributed by atoms with Gasteiger partial charge in [-0.05, 0) is 26.7 Å². The average molecular weight is 266 g/mol. The van der Waals surface area contributed by atoms with Crippen LogP contribution < -0.4 is 0 Å². The number of hydrogen-bond acceptors (Lipinski definition) is 4. The number of carbonyl (C=O) groups is 1. The molecule has 4 nitrogen and oxygen atoms in total. The minimum atomic E-state index is 0.0809. The van der Waals surface area contributed by atoms with Crippen LogP contribution in [0.1, 0.15) is 35.3 Å². The highest BCUT2D eigenvalue weighted by atomic mass is 32.1. The standard InChI is InChI=1S/C13H18N2O2S/c1-8-5-10-6-15(4-3-12(10)17-8)13(16)11-7-18-9(2)14-11/h7-8,10,12H,3-6H2,1-2H3/t8-,10-,12-/m0/s1. The Hall–Kier alpha value is -0.940. The van der Waals surface area contributed by atoms with Crippen molar-refractivity contribution in [2.75, 3.05) is 13.1 Å². The number of carbonyl (C=O) groups excluding carboxylic acids is 1. The number of fused-ring (bicyclic) bond motifs is 1. The van der Waals surface area contributed by atoms with Gasteiger partial charge in [0.2, 0.25) is 0 Å². The summed E-state index contributed by atoms with van der Waals surface area (Å²) in [5.41, 5.74) is 0.600. The van der Waals surface area contributed by atoms with Crippen LogP contribution in [0.3, 0.4) is 0 Å². The lowest BCUT2D eigenvalue weighted by molar-refractivity contribution is 0.00851. The summed E-state index contributed by atoms with van der Waals surface area (Å²) in [6, 6.07) is 0. The van der Waals surface area contributed by atoms with Crippen LogP contribution in [0, 0.1) is 12.8 Å². The first-order chi connectivity index (χ1) is 8.63. The molecule has 0 saturated carbocycles. The molecule has 5 heteroatoms. The van der Waals surface area contributed by atoms with Gasteiger partial charge in [0, 0.05) is 24.4 Å². The highest BCUT2D eigenvalue weighted by molar-refractivity contribution is 7.09. The second-order valence-corrected chi connectivity index (χ2v) is 6.33. The first-order valence-electron chi connectivity index (χ1n) is 6.50. The molecule has 0 N–H and O–H groups in total. The number of aryl methyl sites for hydroxylation is 1. The van der Waals surface area contributed by atoms with Crippen molar-refractivity contribution >= 4 is 17.2 Å². The molecule has 3 heterocycles. The molecule has 1 amide bonds. The largest absolute Gasteiger partial charge is 0.375 e. The summed E-state index contributed by atoms with van der Waals surface area (Å²) in [5.74, 6) is 0.592. The summed E-state index contributed by atoms with van der Waals surface area (Å²) >= 11 is 1.53. The van der Waals surface area contributed by atoms with E-state index < -0.39 is 0 Å². The van der Waals surface area contributed by atoms with E-state index in [0.29, 0.717) is 23.8 Å². The van der Waals surface area contributed by atoms with Crippen molar-refractivity contribution in [1.29, 1.82) is 0 Å². The van der Waals surface area contributed by atoms with Crippen molar-refractivity contribution < 1.29 is 9.53 Å². The Morgan fingerprint density at radius 1 is 1.61 bits per heavy atom. The Balaban J connectivity index is 1.69. The molecule has 1 aromatic heterocycles. The van der Waals surface area contributed by atoms with Crippen LogP contribution in [0.2, 0.25) is 0 Å². The van der Waals surface area contributed by atoms with Gasteiger partial charge in [-0.25, -0.2) is 4.98 Å². The lowest BCUT2D eigenvalue weighted by Crippen LogP contribution is -2.44. The third-order valence-electron chi connectivity index (χ3n) is 3.83. The topological polar surface area (TPSA) is 42.4 Å². The maximum absolute atomic E-state index is 12.3. The lowest BCUT2D eigenvalue weighted by atomic mass is 9.93. The lowest BCUT2D eigenvalue weighted by Gasteiger charge is -2.33. The molecule has 3 rings (SSSR count). The van der Waals surface area contributed by atoms with Crippen molar-refractivity contribution in [2.45, 2.75) is 38.9 Å². The van der Waals surface area contributed by atoms with Gasteiger partial charge in [-0.15, -0.1) is 11.3 Å². The fourth-order valence-corrected chi connectivity index (χ4v) is 3.59. The summed E-state index contributed by atoms with van der Waals surface area (Å²) in [7, 11) is 0. The predicted molar refractivity (Wildman–Crippen MR) is 69.8 cm³/mol. The molecule has 0 bridgehead atoms. The Morgan fingerprint density at radius 2 is 2.44 bits per heavy atom. The fourth-order valence-electron chi connectivity index (χ4n) is 3.00. The van der Waals surface area contributed by atoms with Crippen LogP contribution >= 0.6 is 11.3 Å². The molecular formula is C13H18N2O2S. The maximum Gasteiger partial charge on any atom is 0.273 e. The van der Waals surface area contributed by atoms with Crippen LogP contribution in [0.25, 0.3) is 0 Å². The van der Waals surface area contributed by atoms with Crippen molar-refractivity contribution in [3.05, 3.63) is 16.1 Å². The number of hydrogen-bond donors (Lipinski definition) is 0. The van der Waals surface area contributed by atoms with Gasteiger partial charge in [-0.2, -0.15) is 0 Å². The SMILES string of the molecule is Cc1nc(C(=O)N2CC[C@@H]3O[C@@H](C)C[C@H]3C2)cs1. The zero-order chi connectivity index (χ0) is 12.7. The van der Waals surface area contributed by atoms with E-state index in [9.17, 15) is 4.79 Å². The first-order valence-corrected chi connectivity index (χ1v) is 7.38. The number of thiazole rings is 1. The van der Waals surface area contributed by atoms with E-state index in [-0.39, 0.29) is 5.91 Å². The zero-order valence-corrected chi connectivity index (χ0v) is 11.6. The quantitative estimate of drug-likeness (QED) is 0.781. The van der Waals surface area contributed by atoms with Crippen LogP contribution in [0.4, 0.5) is 0 Å². The van der Waals surface area contributed by atoms with Gasteiger partial charge in [0.1, 0.15) is 5.69 Å². The monoisotopic (exact) mass is 266 g/mol. The van der Waals surface area contributed by atoms with Crippen LogP contribution in [0.15, 0.2) is 5.38 Å². The van der Waals surface area contributed by atoms with Gasteiger partial charge in [-0.3, -0.25) is 4.79 Å². The molecular weight excluding hydrogens is 248 g/mol. The van der Waals surface area contributed by atoms with Crippen molar-refractivity contribution in [1.82, 2.24) is 9.88 Å². The molecule has 2 aliphatic heterocycles. The number of piperidine rings is 1. The number of amides is 1. The molecule has 0 radical (unpaired) electrons. The van der Waals surface area contributed by atoms with Crippen LogP contribution in [-0.4, -0.2) is 41.1 Å². The van der Waals surface area contributed by atoms with Gasteiger partial charge in [0.05, 0.1) is 17.2 Å².